The first kappa shape index (κ1) is 20.4. The van der Waals surface area contributed by atoms with Gasteiger partial charge in [-0.3, -0.25) is 9.79 Å². The van der Waals surface area contributed by atoms with E-state index >= 15 is 0 Å². The number of carbonyl (C=O) groups is 1. The Hall–Kier alpha value is -1.89. The molecule has 1 amide bonds. The first-order chi connectivity index (χ1) is 12.6. The molecular formula is C19H23ClN4OS. The van der Waals surface area contributed by atoms with Gasteiger partial charge in [-0.25, -0.2) is 4.98 Å². The molecule has 1 aliphatic heterocycles. The Kier molecular flexibility index (Phi) is 8.09. The second-order valence-electron chi connectivity index (χ2n) is 5.95. The number of nitrogens with zero attached hydrogens (tertiary/aromatic N) is 2. The van der Waals surface area contributed by atoms with Crippen molar-refractivity contribution < 1.29 is 4.79 Å². The summed E-state index contributed by atoms with van der Waals surface area (Å²) in [6, 6.07) is 3.78. The minimum absolute atomic E-state index is 0.309. The van der Waals surface area contributed by atoms with Gasteiger partial charge in [-0.1, -0.05) is 49.0 Å². The van der Waals surface area contributed by atoms with Crippen molar-refractivity contribution in [3.05, 3.63) is 58.1 Å². The summed E-state index contributed by atoms with van der Waals surface area (Å²) in [6.45, 7) is 7.65. The zero-order chi connectivity index (χ0) is 18.9. The molecule has 0 saturated carbocycles. The Labute approximate surface area is 163 Å². The van der Waals surface area contributed by atoms with E-state index in [0.29, 0.717) is 41.9 Å². The number of hydrogen-bond acceptors (Lipinski definition) is 5. The summed E-state index contributed by atoms with van der Waals surface area (Å²) < 4.78 is 0. The molecule has 0 spiro atoms. The smallest absolute Gasteiger partial charge is 0.207 e. The minimum Gasteiger partial charge on any atom is -0.355 e. The van der Waals surface area contributed by atoms with Crippen LogP contribution in [-0.2, 0) is 11.3 Å². The molecule has 26 heavy (non-hydrogen) atoms. The number of halogens is 1. The third-order valence-corrected chi connectivity index (χ3v) is 5.73. The van der Waals surface area contributed by atoms with E-state index in [-0.39, 0.29) is 0 Å². The molecule has 0 aromatic carbocycles. The molecule has 1 aromatic heterocycles. The van der Waals surface area contributed by atoms with Gasteiger partial charge in [-0.05, 0) is 29.2 Å². The van der Waals surface area contributed by atoms with Crippen LogP contribution in [0.4, 0.5) is 0 Å². The number of allylic oxidation sites excluding steroid dienone is 2. The van der Waals surface area contributed by atoms with Gasteiger partial charge in [-0.2, -0.15) is 0 Å². The van der Waals surface area contributed by atoms with Crippen LogP contribution >= 0.6 is 23.4 Å². The molecule has 2 heterocycles. The number of rotatable bonds is 9. The lowest BCUT2D eigenvalue weighted by molar-refractivity contribution is -0.109. The SMILES string of the molecule is C=C(CNC=O)/C(Sc1ncccc1CN)=C(/Cl)C=CC1CN=C[C@@H]1C. The van der Waals surface area contributed by atoms with E-state index in [0.717, 1.165) is 22.0 Å². The van der Waals surface area contributed by atoms with E-state index < -0.39 is 0 Å². The highest BCUT2D eigenvalue weighted by Gasteiger charge is 2.18. The molecular weight excluding hydrogens is 368 g/mol. The lowest BCUT2D eigenvalue weighted by Gasteiger charge is -2.14. The first-order valence-corrected chi connectivity index (χ1v) is 9.51. The van der Waals surface area contributed by atoms with Crippen molar-refractivity contribution in [1.29, 1.82) is 0 Å². The van der Waals surface area contributed by atoms with Crippen molar-refractivity contribution >= 4 is 36.0 Å². The van der Waals surface area contributed by atoms with Gasteiger partial charge in [0.1, 0.15) is 5.03 Å². The molecule has 0 fully saturated rings. The quantitative estimate of drug-likeness (QED) is 0.385. The number of hydrogen-bond donors (Lipinski definition) is 2. The van der Waals surface area contributed by atoms with E-state index in [1.807, 2.05) is 24.4 Å². The number of pyridine rings is 1. The highest BCUT2D eigenvalue weighted by molar-refractivity contribution is 8.03. The maximum Gasteiger partial charge on any atom is 0.207 e. The largest absolute Gasteiger partial charge is 0.355 e. The molecule has 1 aliphatic rings. The Morgan fingerprint density at radius 1 is 1.58 bits per heavy atom. The van der Waals surface area contributed by atoms with Crippen LogP contribution in [-0.4, -0.2) is 30.7 Å². The number of thioether (sulfide) groups is 1. The molecule has 138 valence electrons. The summed E-state index contributed by atoms with van der Waals surface area (Å²) in [7, 11) is 0. The van der Waals surface area contributed by atoms with E-state index in [9.17, 15) is 4.79 Å². The molecule has 2 rings (SSSR count). The third-order valence-electron chi connectivity index (χ3n) is 4.03. The van der Waals surface area contributed by atoms with Gasteiger partial charge in [0.25, 0.3) is 0 Å². The molecule has 0 bridgehead atoms. The van der Waals surface area contributed by atoms with Gasteiger partial charge < -0.3 is 11.1 Å². The van der Waals surface area contributed by atoms with Gasteiger partial charge in [0.15, 0.2) is 0 Å². The van der Waals surface area contributed by atoms with Crippen LogP contribution in [0.2, 0.25) is 0 Å². The van der Waals surface area contributed by atoms with Crippen molar-refractivity contribution in [2.45, 2.75) is 18.5 Å². The summed E-state index contributed by atoms with van der Waals surface area (Å²) in [5, 5.41) is 3.96. The summed E-state index contributed by atoms with van der Waals surface area (Å²) in [5.74, 6) is 0.734. The molecule has 5 nitrogen and oxygen atoms in total. The summed E-state index contributed by atoms with van der Waals surface area (Å²) in [4.78, 5) is 20.1. The minimum atomic E-state index is 0.309. The fraction of sp³-hybridized carbons (Fsp3) is 0.316. The molecule has 7 heteroatoms. The Bertz CT molecular complexity index is 745. The Morgan fingerprint density at radius 2 is 2.38 bits per heavy atom. The van der Waals surface area contributed by atoms with Crippen molar-refractivity contribution in [2.24, 2.45) is 22.6 Å². The van der Waals surface area contributed by atoms with Crippen molar-refractivity contribution in [2.75, 3.05) is 13.1 Å². The maximum atomic E-state index is 10.6. The molecule has 1 aromatic rings. The lowest BCUT2D eigenvalue weighted by Crippen LogP contribution is -2.15. The highest BCUT2D eigenvalue weighted by atomic mass is 35.5. The molecule has 3 N–H and O–H groups in total. The highest BCUT2D eigenvalue weighted by Crippen LogP contribution is 2.36. The van der Waals surface area contributed by atoms with Gasteiger partial charge in [0.05, 0.1) is 5.03 Å². The van der Waals surface area contributed by atoms with Gasteiger partial charge in [0, 0.05) is 42.9 Å². The van der Waals surface area contributed by atoms with E-state index in [1.54, 1.807) is 6.20 Å². The fourth-order valence-corrected chi connectivity index (χ4v) is 3.74. The number of nitrogens with one attached hydrogen (secondary N) is 1. The van der Waals surface area contributed by atoms with E-state index in [4.69, 9.17) is 17.3 Å². The Morgan fingerprint density at radius 3 is 3.04 bits per heavy atom. The third kappa shape index (κ3) is 5.56. The van der Waals surface area contributed by atoms with Crippen LogP contribution in [0.15, 0.2) is 62.6 Å². The summed E-state index contributed by atoms with van der Waals surface area (Å²) >= 11 is 8.00. The predicted octanol–water partition coefficient (Wildman–Crippen LogP) is 3.28. The number of carbonyl (C=O) groups excluding carboxylic acids is 1. The van der Waals surface area contributed by atoms with Crippen LogP contribution in [0.25, 0.3) is 0 Å². The van der Waals surface area contributed by atoms with Crippen molar-refractivity contribution in [1.82, 2.24) is 10.3 Å². The maximum absolute atomic E-state index is 10.6. The van der Waals surface area contributed by atoms with Crippen molar-refractivity contribution in [3.8, 4) is 0 Å². The van der Waals surface area contributed by atoms with E-state index in [1.165, 1.54) is 11.8 Å². The monoisotopic (exact) mass is 390 g/mol. The lowest BCUT2D eigenvalue weighted by atomic mass is 9.97. The van der Waals surface area contributed by atoms with Gasteiger partial charge in [0.2, 0.25) is 6.41 Å². The topological polar surface area (TPSA) is 80.4 Å². The zero-order valence-corrected chi connectivity index (χ0v) is 16.3. The molecule has 1 unspecified atom stereocenters. The van der Waals surface area contributed by atoms with Crippen LogP contribution in [0.1, 0.15) is 12.5 Å². The number of amides is 1. The van der Waals surface area contributed by atoms with E-state index in [2.05, 4.69) is 34.9 Å². The van der Waals surface area contributed by atoms with Crippen LogP contribution in [0, 0.1) is 11.8 Å². The average molecular weight is 391 g/mol. The van der Waals surface area contributed by atoms with Crippen LogP contribution < -0.4 is 11.1 Å². The standard InChI is InChI=1S/C19H23ClN4OS/c1-13-9-22-11-16(13)5-6-17(20)18(14(2)10-23-12-25)26-19-15(8-21)4-3-7-24-19/h3-7,9,12-13,16H,2,8,10-11,21H2,1H3,(H,23,25)/b6-5?,18-17-/t13-,16?/m0/s1. The average Bonchev–Trinajstić information content (AvgIpc) is 3.07. The second-order valence-corrected chi connectivity index (χ2v) is 7.36. The summed E-state index contributed by atoms with van der Waals surface area (Å²) in [6.07, 6.45) is 8.28. The molecule has 2 atom stereocenters. The molecule has 0 radical (unpaired) electrons. The summed E-state index contributed by atoms with van der Waals surface area (Å²) in [5.41, 5.74) is 7.44. The Balaban J connectivity index is 2.28. The number of aromatic nitrogens is 1. The first-order valence-electron chi connectivity index (χ1n) is 8.31. The second kappa shape index (κ2) is 10.3. The fourth-order valence-electron chi connectivity index (χ4n) is 2.45. The van der Waals surface area contributed by atoms with Crippen LogP contribution in [0.5, 0.6) is 0 Å². The van der Waals surface area contributed by atoms with Crippen LogP contribution in [0.3, 0.4) is 0 Å². The zero-order valence-electron chi connectivity index (χ0n) is 14.7. The number of aliphatic imine (C=N–C) groups is 1. The van der Waals surface area contributed by atoms with Gasteiger partial charge >= 0.3 is 0 Å². The van der Waals surface area contributed by atoms with Gasteiger partial charge in [-0.15, -0.1) is 0 Å². The molecule has 0 saturated heterocycles. The number of nitrogens with two attached hydrogens (primary N) is 1. The molecule has 0 aliphatic carbocycles. The normalized spacial score (nSPS) is 20.3. The van der Waals surface area contributed by atoms with Crippen molar-refractivity contribution in [3.63, 3.8) is 0 Å². The predicted molar refractivity (Wildman–Crippen MR) is 109 cm³/mol.